The lowest BCUT2D eigenvalue weighted by Gasteiger charge is -2.12. The summed E-state index contributed by atoms with van der Waals surface area (Å²) in [6.07, 6.45) is 15.7. The molecular weight excluding hydrogens is 358 g/mol. The average molecular weight is 378 g/mol. The molecule has 4 nitrogen and oxygen atoms in total. The van der Waals surface area contributed by atoms with E-state index in [1.54, 1.807) is 0 Å². The number of nitrogens with one attached hydrogen (secondary N) is 1. The Hall–Kier alpha value is -3.28. The highest BCUT2D eigenvalue weighted by Crippen LogP contribution is 2.32. The van der Waals surface area contributed by atoms with Crippen LogP contribution in [0.4, 0.5) is 20.3 Å². The van der Waals surface area contributed by atoms with E-state index in [1.807, 2.05) is 35.9 Å². The predicted octanol–water partition coefficient (Wildman–Crippen LogP) is 5.49. The van der Waals surface area contributed by atoms with Crippen LogP contribution in [0.15, 0.2) is 59.6 Å². The van der Waals surface area contributed by atoms with E-state index in [4.69, 9.17) is 4.98 Å². The molecule has 1 aliphatic carbocycles. The smallest absolute Gasteiger partial charge is 0.160 e. The van der Waals surface area contributed by atoms with Gasteiger partial charge in [0.15, 0.2) is 17.5 Å². The molecule has 0 spiro atoms. The maximum absolute atomic E-state index is 13.7. The third-order valence-corrected chi connectivity index (χ3v) is 4.63. The number of aliphatic imine (C=N–C) groups is 1. The van der Waals surface area contributed by atoms with Crippen molar-refractivity contribution in [3.63, 3.8) is 0 Å². The van der Waals surface area contributed by atoms with Crippen LogP contribution < -0.4 is 5.32 Å². The van der Waals surface area contributed by atoms with Crippen LogP contribution >= 0.6 is 0 Å². The standard InChI is InChI=1S/C22H20F2N4/c1-15-21-27-20(16-8-5-3-2-4-6-9-16)22(28(21)13-7-12-25-15)26-17-10-11-18(23)19(24)14-17/h2-5,7,9-11,13-14,26H,6,8,12H2,1H3/b4-2?,5-3-,16-9+. The van der Waals surface area contributed by atoms with Crippen molar-refractivity contribution < 1.29 is 8.78 Å². The van der Waals surface area contributed by atoms with Gasteiger partial charge in [0.05, 0.1) is 12.3 Å². The zero-order valence-corrected chi connectivity index (χ0v) is 15.5. The van der Waals surface area contributed by atoms with Crippen molar-refractivity contribution in [1.82, 2.24) is 9.55 Å². The third kappa shape index (κ3) is 3.58. The lowest BCUT2D eigenvalue weighted by molar-refractivity contribution is 0.509. The first-order valence-corrected chi connectivity index (χ1v) is 9.17. The van der Waals surface area contributed by atoms with Crippen LogP contribution in [-0.2, 0) is 0 Å². The summed E-state index contributed by atoms with van der Waals surface area (Å²) in [7, 11) is 0. The molecule has 0 saturated carbocycles. The van der Waals surface area contributed by atoms with E-state index in [0.29, 0.717) is 18.1 Å². The predicted molar refractivity (Wildman–Crippen MR) is 110 cm³/mol. The molecule has 2 aromatic rings. The number of hydrogen-bond donors (Lipinski definition) is 1. The number of rotatable bonds is 3. The van der Waals surface area contributed by atoms with Crippen molar-refractivity contribution >= 4 is 29.0 Å². The van der Waals surface area contributed by atoms with Gasteiger partial charge >= 0.3 is 0 Å². The molecular formula is C22H20F2N4. The lowest BCUT2D eigenvalue weighted by atomic mass is 10.0. The number of allylic oxidation sites excluding steroid dienone is 6. The van der Waals surface area contributed by atoms with Crippen LogP contribution in [0, 0.1) is 11.6 Å². The quantitative estimate of drug-likeness (QED) is 0.768. The van der Waals surface area contributed by atoms with Gasteiger partial charge < -0.3 is 5.32 Å². The zero-order valence-electron chi connectivity index (χ0n) is 15.5. The SMILES string of the molecule is CC1=NCC=Cn2c1nc(/C1=C/CC=C/C=C\C1)c2Nc1ccc(F)c(F)c1. The average Bonchev–Trinajstić information content (AvgIpc) is 2.89. The lowest BCUT2D eigenvalue weighted by Crippen LogP contribution is -2.05. The van der Waals surface area contributed by atoms with E-state index in [9.17, 15) is 8.78 Å². The van der Waals surface area contributed by atoms with Gasteiger partial charge in [-0.25, -0.2) is 13.8 Å². The van der Waals surface area contributed by atoms with E-state index < -0.39 is 11.6 Å². The molecule has 0 bridgehead atoms. The summed E-state index contributed by atoms with van der Waals surface area (Å²) in [6.45, 7) is 2.50. The monoisotopic (exact) mass is 378 g/mol. The molecule has 28 heavy (non-hydrogen) atoms. The molecule has 2 heterocycles. The summed E-state index contributed by atoms with van der Waals surface area (Å²) in [5, 5.41) is 3.23. The Labute approximate surface area is 162 Å². The summed E-state index contributed by atoms with van der Waals surface area (Å²) >= 11 is 0. The Bertz CT molecular complexity index is 1050. The van der Waals surface area contributed by atoms with Gasteiger partial charge in [0, 0.05) is 18.0 Å². The number of imidazole rings is 1. The summed E-state index contributed by atoms with van der Waals surface area (Å²) in [4.78, 5) is 9.34. The molecule has 0 saturated heterocycles. The molecule has 0 amide bonds. The summed E-state index contributed by atoms with van der Waals surface area (Å²) in [5.41, 5.74) is 3.12. The van der Waals surface area contributed by atoms with Crippen molar-refractivity contribution in [3.8, 4) is 0 Å². The summed E-state index contributed by atoms with van der Waals surface area (Å²) < 4.78 is 29.0. The third-order valence-electron chi connectivity index (χ3n) is 4.63. The highest BCUT2D eigenvalue weighted by Gasteiger charge is 2.21. The van der Waals surface area contributed by atoms with E-state index in [0.717, 1.165) is 47.8 Å². The molecule has 142 valence electrons. The zero-order chi connectivity index (χ0) is 19.5. The number of hydrogen-bond acceptors (Lipinski definition) is 3. The first kappa shape index (κ1) is 18.1. The van der Waals surface area contributed by atoms with Crippen LogP contribution in [0.1, 0.15) is 31.3 Å². The first-order chi connectivity index (χ1) is 13.6. The van der Waals surface area contributed by atoms with Gasteiger partial charge in [-0.2, -0.15) is 0 Å². The Kier molecular flexibility index (Phi) is 5.02. The molecule has 1 aliphatic heterocycles. The molecule has 6 heteroatoms. The molecule has 1 N–H and O–H groups in total. The Balaban J connectivity index is 1.84. The van der Waals surface area contributed by atoms with Crippen molar-refractivity contribution in [2.45, 2.75) is 19.8 Å². The van der Waals surface area contributed by atoms with Crippen LogP contribution in [0.25, 0.3) is 11.8 Å². The number of benzene rings is 1. The minimum Gasteiger partial charge on any atom is -0.339 e. The molecule has 0 fully saturated rings. The van der Waals surface area contributed by atoms with E-state index in [-0.39, 0.29) is 0 Å². The van der Waals surface area contributed by atoms with Gasteiger partial charge in [0.25, 0.3) is 0 Å². The second-order valence-corrected chi connectivity index (χ2v) is 6.59. The van der Waals surface area contributed by atoms with Gasteiger partial charge in [0.1, 0.15) is 11.5 Å². The highest BCUT2D eigenvalue weighted by molar-refractivity contribution is 5.98. The molecule has 4 rings (SSSR count). The fourth-order valence-electron chi connectivity index (χ4n) is 3.22. The van der Waals surface area contributed by atoms with Crippen LogP contribution in [-0.4, -0.2) is 21.8 Å². The largest absolute Gasteiger partial charge is 0.339 e. The van der Waals surface area contributed by atoms with Crippen molar-refractivity contribution in [2.75, 3.05) is 11.9 Å². The number of nitrogens with zero attached hydrogens (tertiary/aromatic N) is 3. The fraction of sp³-hybridized carbons (Fsp3) is 0.182. The van der Waals surface area contributed by atoms with Crippen LogP contribution in [0.5, 0.6) is 0 Å². The molecule has 1 aromatic carbocycles. The van der Waals surface area contributed by atoms with Crippen LogP contribution in [0.2, 0.25) is 0 Å². The molecule has 0 atom stereocenters. The number of aromatic nitrogens is 2. The minimum atomic E-state index is -0.895. The molecule has 2 aliphatic rings. The van der Waals surface area contributed by atoms with E-state index >= 15 is 0 Å². The second kappa shape index (κ2) is 7.76. The molecule has 0 unspecified atom stereocenters. The van der Waals surface area contributed by atoms with E-state index in [1.165, 1.54) is 6.07 Å². The fourth-order valence-corrected chi connectivity index (χ4v) is 3.22. The normalized spacial score (nSPS) is 19.0. The Morgan fingerprint density at radius 1 is 1.07 bits per heavy atom. The summed E-state index contributed by atoms with van der Waals surface area (Å²) in [6, 6.07) is 3.77. The van der Waals surface area contributed by atoms with Crippen molar-refractivity contribution in [1.29, 1.82) is 0 Å². The van der Waals surface area contributed by atoms with Gasteiger partial charge in [-0.05, 0) is 43.5 Å². The Morgan fingerprint density at radius 3 is 2.79 bits per heavy atom. The van der Waals surface area contributed by atoms with Gasteiger partial charge in [-0.3, -0.25) is 9.56 Å². The summed E-state index contributed by atoms with van der Waals surface area (Å²) in [5.74, 6) is -0.330. The van der Waals surface area contributed by atoms with Crippen LogP contribution in [0.3, 0.4) is 0 Å². The first-order valence-electron chi connectivity index (χ1n) is 9.17. The van der Waals surface area contributed by atoms with Crippen molar-refractivity contribution in [3.05, 3.63) is 77.8 Å². The Morgan fingerprint density at radius 2 is 1.93 bits per heavy atom. The number of fused-ring (bicyclic) bond motifs is 1. The minimum absolute atomic E-state index is 0.456. The van der Waals surface area contributed by atoms with E-state index in [2.05, 4.69) is 28.5 Å². The number of anilines is 2. The maximum atomic E-state index is 13.7. The van der Waals surface area contributed by atoms with Gasteiger partial charge in [-0.1, -0.05) is 30.4 Å². The molecule has 1 aromatic heterocycles. The van der Waals surface area contributed by atoms with Crippen molar-refractivity contribution in [2.24, 2.45) is 4.99 Å². The number of halogens is 2. The second-order valence-electron chi connectivity index (χ2n) is 6.59. The molecule has 0 radical (unpaired) electrons. The topological polar surface area (TPSA) is 42.2 Å². The van der Waals surface area contributed by atoms with Gasteiger partial charge in [-0.15, -0.1) is 0 Å². The van der Waals surface area contributed by atoms with Gasteiger partial charge in [0.2, 0.25) is 0 Å². The maximum Gasteiger partial charge on any atom is 0.160 e. The highest BCUT2D eigenvalue weighted by atomic mass is 19.2.